The molecule has 0 bridgehead atoms. The largest absolute Gasteiger partial charge is 0.487 e. The quantitative estimate of drug-likeness (QED) is 0.648. The van der Waals surface area contributed by atoms with E-state index in [4.69, 9.17) is 4.74 Å². The Bertz CT molecular complexity index is 888. The number of amides is 1. The van der Waals surface area contributed by atoms with E-state index < -0.39 is 16.1 Å². The fourth-order valence-corrected chi connectivity index (χ4v) is 6.60. The highest BCUT2D eigenvalue weighted by Crippen LogP contribution is 2.35. The van der Waals surface area contributed by atoms with Crippen LogP contribution in [0.5, 0.6) is 5.75 Å². The molecule has 1 amide bonds. The highest BCUT2D eigenvalue weighted by molar-refractivity contribution is 9.10. The normalized spacial score (nSPS) is 25.6. The van der Waals surface area contributed by atoms with E-state index in [-0.39, 0.29) is 47.6 Å². The zero-order chi connectivity index (χ0) is 22.8. The highest BCUT2D eigenvalue weighted by Gasteiger charge is 2.38. The van der Waals surface area contributed by atoms with E-state index in [1.165, 1.54) is 16.8 Å². The van der Waals surface area contributed by atoms with Crippen LogP contribution in [0.4, 0.5) is 0 Å². The molecular formula is C22H33BrN2O5S. The molecule has 1 aromatic rings. The lowest BCUT2D eigenvalue weighted by Crippen LogP contribution is -2.50. The van der Waals surface area contributed by atoms with E-state index in [1.54, 1.807) is 31.0 Å². The number of rotatable bonds is 5. The summed E-state index contributed by atoms with van der Waals surface area (Å²) in [6.07, 6.45) is 4.85. The Balaban J connectivity index is 1.91. The number of hydrogen-bond donors (Lipinski definition) is 1. The predicted molar refractivity (Wildman–Crippen MR) is 122 cm³/mol. The minimum absolute atomic E-state index is 0.0651. The van der Waals surface area contributed by atoms with Gasteiger partial charge in [-0.25, -0.2) is 8.42 Å². The lowest BCUT2D eigenvalue weighted by molar-refractivity contribution is -0.136. The summed E-state index contributed by atoms with van der Waals surface area (Å²) in [7, 11) is -2.04. The number of halogens is 1. The first kappa shape index (κ1) is 24.5. The summed E-state index contributed by atoms with van der Waals surface area (Å²) in [5, 5.41) is 9.69. The van der Waals surface area contributed by atoms with Crippen molar-refractivity contribution in [2.75, 3.05) is 26.7 Å². The number of nitrogens with zero attached hydrogens (tertiary/aromatic N) is 2. The maximum absolute atomic E-state index is 13.3. The molecule has 1 saturated carbocycles. The summed E-state index contributed by atoms with van der Waals surface area (Å²) in [6.45, 7) is 3.93. The highest BCUT2D eigenvalue weighted by atomic mass is 79.9. The summed E-state index contributed by atoms with van der Waals surface area (Å²) >= 11 is 3.40. The van der Waals surface area contributed by atoms with Crippen molar-refractivity contribution in [3.63, 3.8) is 0 Å². The van der Waals surface area contributed by atoms with Gasteiger partial charge in [0.25, 0.3) is 0 Å². The van der Waals surface area contributed by atoms with E-state index in [2.05, 4.69) is 15.9 Å². The molecule has 3 atom stereocenters. The van der Waals surface area contributed by atoms with Crippen molar-refractivity contribution in [2.45, 2.75) is 63.0 Å². The van der Waals surface area contributed by atoms with E-state index in [0.29, 0.717) is 11.0 Å². The number of fused-ring (bicyclic) bond motifs is 1. The van der Waals surface area contributed by atoms with Gasteiger partial charge in [0.1, 0.15) is 16.7 Å². The Labute approximate surface area is 193 Å². The van der Waals surface area contributed by atoms with Gasteiger partial charge in [-0.2, -0.15) is 4.31 Å². The second-order valence-electron chi connectivity index (χ2n) is 8.88. The Kier molecular flexibility index (Phi) is 8.05. The van der Waals surface area contributed by atoms with Crippen LogP contribution in [0.25, 0.3) is 0 Å². The monoisotopic (exact) mass is 516 g/mol. The topological polar surface area (TPSA) is 87.2 Å². The molecule has 1 heterocycles. The molecule has 2 aliphatic rings. The van der Waals surface area contributed by atoms with Crippen molar-refractivity contribution in [1.82, 2.24) is 9.21 Å². The van der Waals surface area contributed by atoms with Gasteiger partial charge in [0, 0.05) is 35.9 Å². The lowest BCUT2D eigenvalue weighted by Gasteiger charge is -2.38. The fourth-order valence-electron chi connectivity index (χ4n) is 4.44. The van der Waals surface area contributed by atoms with Crippen LogP contribution in [0.1, 0.15) is 46.0 Å². The lowest BCUT2D eigenvalue weighted by atomic mass is 9.88. The number of hydrogen-bond acceptors (Lipinski definition) is 5. The minimum Gasteiger partial charge on any atom is -0.487 e. The first-order valence-corrected chi connectivity index (χ1v) is 13.2. The molecule has 1 aliphatic heterocycles. The zero-order valence-corrected chi connectivity index (χ0v) is 20.9. The third kappa shape index (κ3) is 5.43. The van der Waals surface area contributed by atoms with Crippen molar-refractivity contribution in [2.24, 2.45) is 11.8 Å². The summed E-state index contributed by atoms with van der Waals surface area (Å²) in [5.74, 6) is 0.285. The molecule has 0 saturated heterocycles. The van der Waals surface area contributed by atoms with Crippen molar-refractivity contribution < 1.29 is 23.1 Å². The van der Waals surface area contributed by atoms with Gasteiger partial charge in [-0.15, -0.1) is 0 Å². The van der Waals surface area contributed by atoms with Crippen LogP contribution in [0.3, 0.4) is 0 Å². The molecule has 0 radical (unpaired) electrons. The average Bonchev–Trinajstić information content (AvgIpc) is 2.75. The number of carbonyl (C=O) groups is 1. The van der Waals surface area contributed by atoms with Gasteiger partial charge in [-0.1, -0.05) is 42.1 Å². The van der Waals surface area contributed by atoms with Crippen LogP contribution in [0.2, 0.25) is 0 Å². The molecule has 1 N–H and O–H groups in total. The maximum atomic E-state index is 13.3. The van der Waals surface area contributed by atoms with Gasteiger partial charge in [0.2, 0.25) is 15.9 Å². The predicted octanol–water partition coefficient (Wildman–Crippen LogP) is 3.26. The van der Waals surface area contributed by atoms with Gasteiger partial charge in [0.05, 0.1) is 13.2 Å². The van der Waals surface area contributed by atoms with Crippen LogP contribution in [0.15, 0.2) is 27.6 Å². The Hall–Kier alpha value is -1.16. The van der Waals surface area contributed by atoms with Crippen LogP contribution in [0, 0.1) is 11.8 Å². The number of carbonyl (C=O) groups excluding carboxylic acids is 1. The molecule has 3 rings (SSSR count). The minimum atomic E-state index is -3.84. The Morgan fingerprint density at radius 3 is 2.65 bits per heavy atom. The van der Waals surface area contributed by atoms with Crippen LogP contribution in [-0.4, -0.2) is 67.5 Å². The second-order valence-corrected chi connectivity index (χ2v) is 11.7. The fraction of sp³-hybridized carbons (Fsp3) is 0.682. The number of likely N-dealkylation sites (N-methyl/N-ethyl adjacent to an activating group) is 1. The Morgan fingerprint density at radius 2 is 2.00 bits per heavy atom. The van der Waals surface area contributed by atoms with E-state index in [9.17, 15) is 18.3 Å². The maximum Gasteiger partial charge on any atom is 0.247 e. The molecule has 0 aromatic heterocycles. The van der Waals surface area contributed by atoms with E-state index >= 15 is 0 Å². The van der Waals surface area contributed by atoms with Crippen LogP contribution < -0.4 is 4.74 Å². The summed E-state index contributed by atoms with van der Waals surface area (Å²) < 4.78 is 35.0. The number of benzene rings is 1. The molecule has 1 aromatic carbocycles. The van der Waals surface area contributed by atoms with Crippen molar-refractivity contribution in [1.29, 1.82) is 0 Å². The number of aliphatic hydroxyl groups is 1. The molecule has 174 valence electrons. The number of sulfonamides is 1. The second kappa shape index (κ2) is 10.2. The van der Waals surface area contributed by atoms with Crippen LogP contribution >= 0.6 is 15.9 Å². The molecule has 9 heteroatoms. The molecule has 0 spiro atoms. The third-order valence-corrected chi connectivity index (χ3v) is 8.93. The van der Waals surface area contributed by atoms with Gasteiger partial charge in [0.15, 0.2) is 0 Å². The summed E-state index contributed by atoms with van der Waals surface area (Å²) in [6, 6.07) is 4.28. The first-order chi connectivity index (χ1) is 14.6. The molecule has 7 nitrogen and oxygen atoms in total. The molecule has 0 unspecified atom stereocenters. The Morgan fingerprint density at radius 1 is 1.32 bits per heavy atom. The molecular weight excluding hydrogens is 484 g/mol. The molecule has 1 fully saturated rings. The van der Waals surface area contributed by atoms with Crippen molar-refractivity contribution in [3.05, 3.63) is 22.7 Å². The molecule has 31 heavy (non-hydrogen) atoms. The van der Waals surface area contributed by atoms with Gasteiger partial charge >= 0.3 is 0 Å². The van der Waals surface area contributed by atoms with Crippen LogP contribution in [-0.2, 0) is 14.8 Å². The zero-order valence-electron chi connectivity index (χ0n) is 18.5. The van der Waals surface area contributed by atoms with Gasteiger partial charge in [-0.3, -0.25) is 4.79 Å². The number of aliphatic hydroxyl groups excluding tert-OH is 1. The first-order valence-electron chi connectivity index (χ1n) is 11.0. The standard InChI is InChI=1S/C22H33BrN2O5S/c1-15-12-25(16(2)14-26)31(28,29)21-10-9-18(23)11-19(21)30-20(15)13-24(3)22(27)17-7-5-4-6-8-17/h9-11,15-17,20,26H,4-8,12-14H2,1-3H3/t15-,16+,20+/m1/s1. The van der Waals surface area contributed by atoms with E-state index in [1.807, 2.05) is 6.92 Å². The van der Waals surface area contributed by atoms with Crippen molar-refractivity contribution >= 4 is 31.9 Å². The van der Waals surface area contributed by atoms with Gasteiger partial charge in [-0.05, 0) is 38.0 Å². The average molecular weight is 517 g/mol. The third-order valence-electron chi connectivity index (χ3n) is 6.41. The summed E-state index contributed by atoms with van der Waals surface area (Å²) in [4.78, 5) is 14.8. The number of ether oxygens (including phenoxy) is 1. The van der Waals surface area contributed by atoms with Crippen molar-refractivity contribution in [3.8, 4) is 5.75 Å². The van der Waals surface area contributed by atoms with Gasteiger partial charge < -0.3 is 14.7 Å². The van der Waals surface area contributed by atoms with E-state index in [0.717, 1.165) is 25.7 Å². The summed E-state index contributed by atoms with van der Waals surface area (Å²) in [5.41, 5.74) is 0. The molecule has 1 aliphatic carbocycles. The smallest absolute Gasteiger partial charge is 0.247 e. The SMILES string of the molecule is C[C@@H]1CN([C@@H](C)CO)S(=O)(=O)c2ccc(Br)cc2O[C@H]1CN(C)C(=O)C1CCCCC1.